The van der Waals surface area contributed by atoms with Crippen molar-refractivity contribution in [3.63, 3.8) is 0 Å². The number of aliphatic carboxylic acids is 3. The zero-order valence-electron chi connectivity index (χ0n) is 56.0. The van der Waals surface area contributed by atoms with E-state index in [0.717, 1.165) is 6.92 Å². The molecule has 0 bridgehead atoms. The van der Waals surface area contributed by atoms with E-state index in [4.69, 9.17) is 17.2 Å². The minimum Gasteiger partial charge on any atom is -0.481 e. The van der Waals surface area contributed by atoms with E-state index in [1.165, 1.54) is 67.9 Å². The average molecular weight is 1390 g/mol. The van der Waals surface area contributed by atoms with Crippen LogP contribution in [0.5, 0.6) is 0 Å². The van der Waals surface area contributed by atoms with Crippen molar-refractivity contribution < 1.29 is 102 Å². The number of carbonyl (C=O) groups is 18. The Labute approximate surface area is 563 Å². The zero-order valence-corrected chi connectivity index (χ0v) is 56.0. The Hall–Kier alpha value is -10.4. The maximum absolute atomic E-state index is 13.9. The van der Waals surface area contributed by atoms with E-state index in [-0.39, 0.29) is 32.2 Å². The third-order valence-corrected chi connectivity index (χ3v) is 14.4. The molecule has 0 aliphatic rings. The molecule has 14 atom stereocenters. The second-order valence-corrected chi connectivity index (χ2v) is 23.1. The summed E-state index contributed by atoms with van der Waals surface area (Å²) in [6.07, 6.45) is 0.774. The molecule has 40 nitrogen and oxygen atoms in total. The Bertz CT molecular complexity index is 2990. The van der Waals surface area contributed by atoms with Crippen LogP contribution in [-0.2, 0) is 92.7 Å². The number of nitrogens with one attached hydrogen (secondary N) is 15. The predicted octanol–water partition coefficient (Wildman–Crippen LogP) is -8.13. The number of hydrogen-bond acceptors (Lipinski definition) is 21. The Morgan fingerprint density at radius 2 is 0.643 bits per heavy atom. The molecule has 0 fully saturated rings. The van der Waals surface area contributed by atoms with E-state index in [9.17, 15) is 102 Å². The van der Waals surface area contributed by atoms with Crippen LogP contribution in [0.15, 0.2) is 12.5 Å². The molecule has 0 aromatic carbocycles. The number of H-pyrrole nitrogens is 1. The van der Waals surface area contributed by atoms with Crippen LogP contribution in [0.4, 0.5) is 0 Å². The molecule has 0 aliphatic carbocycles. The van der Waals surface area contributed by atoms with Crippen LogP contribution in [0.3, 0.4) is 0 Å². The quantitative estimate of drug-likeness (QED) is 0.0270. The van der Waals surface area contributed by atoms with E-state index >= 15 is 0 Å². The molecule has 1 aromatic heterocycles. The number of hydrogen-bond donors (Lipinski definition) is 21. The summed E-state index contributed by atoms with van der Waals surface area (Å²) in [5, 5.41) is 61.0. The molecule has 0 saturated heterocycles. The standard InChI is InChI=1S/C58H95N19O21/c1-26(64-34(9)78)48(88)74-38(16-18-42(79)80)55(95)67-27(2)46(86)65-29(4)50(90)75-39(17-19-43(81)82)56(96)69-32(7)51(91)73-37(15-11-13-21-60)54(94)68-33(8)53(93)76-40(22-35-24-62-25-63-35)57(97)70-28(3)47(87)66-30(5)52(92)77-41(23-44(83)84)58(98)71-31(6)49(89)72-36(45(61)85)14-10-12-20-59/h24-33,36-41H,10-23,59-60H2,1-9H3,(H2,61,85)(H,62,63)(H,64,78)(H,65,86)(H,66,87)(H,67,95)(H,68,94)(H,69,96)(H,70,97)(H,71,98)(H,72,89)(H,73,91)(H,74,88)(H,75,90)(H,76,93)(H,77,92)(H,79,80)(H,81,82)(H,83,84)/t26-,27-,28-,29-,30-,31-,32-,33-,36-,37-,38-,39-,40-,41-/m0/s1. The maximum atomic E-state index is 13.9. The third kappa shape index (κ3) is 32.8. The molecule has 0 spiro atoms. The number of rotatable bonds is 46. The van der Waals surface area contributed by atoms with E-state index in [0.29, 0.717) is 31.5 Å². The van der Waals surface area contributed by atoms with Crippen LogP contribution in [-0.4, -0.2) is 229 Å². The normalized spacial score (nSPS) is 15.2. The van der Waals surface area contributed by atoms with E-state index < -0.39 is 223 Å². The molecule has 24 N–H and O–H groups in total. The molecule has 1 aromatic rings. The minimum atomic E-state index is -1.79. The third-order valence-electron chi connectivity index (χ3n) is 14.4. The van der Waals surface area contributed by atoms with Crippen molar-refractivity contribution in [1.29, 1.82) is 0 Å². The fraction of sp³-hybridized carbons (Fsp3) is 0.638. The van der Waals surface area contributed by atoms with Gasteiger partial charge in [0.05, 0.1) is 12.7 Å². The van der Waals surface area contributed by atoms with Crippen molar-refractivity contribution in [1.82, 2.24) is 84.4 Å². The average Bonchev–Trinajstić information content (AvgIpc) is 1.15. The summed E-state index contributed by atoms with van der Waals surface area (Å²) in [5.74, 6) is -18.5. The van der Waals surface area contributed by atoms with Crippen LogP contribution < -0.4 is 91.6 Å². The van der Waals surface area contributed by atoms with Gasteiger partial charge in [0.1, 0.15) is 84.6 Å². The van der Waals surface area contributed by atoms with Crippen molar-refractivity contribution in [2.45, 2.75) is 224 Å². The lowest BCUT2D eigenvalue weighted by molar-refractivity contribution is -0.141. The number of unbranched alkanes of at least 4 members (excludes halogenated alkanes) is 2. The summed E-state index contributed by atoms with van der Waals surface area (Å²) in [5.41, 5.74) is 16.9. The molecular weight excluding hydrogens is 1300 g/mol. The number of primary amides is 1. The van der Waals surface area contributed by atoms with Gasteiger partial charge in [0, 0.05) is 38.1 Å². The number of carboxylic acid groups (broad SMARTS) is 3. The Kier molecular flexibility index (Phi) is 38.1. The van der Waals surface area contributed by atoms with Crippen molar-refractivity contribution >= 4 is 107 Å². The molecule has 0 saturated carbocycles. The molecule has 98 heavy (non-hydrogen) atoms. The lowest BCUT2D eigenvalue weighted by Gasteiger charge is -2.26. The number of amides is 15. The fourth-order valence-corrected chi connectivity index (χ4v) is 8.68. The van der Waals surface area contributed by atoms with E-state index in [1.807, 2.05) is 0 Å². The van der Waals surface area contributed by atoms with Crippen LogP contribution in [0, 0.1) is 0 Å². The number of carboxylic acids is 3. The first-order chi connectivity index (χ1) is 45.8. The summed E-state index contributed by atoms with van der Waals surface area (Å²) in [4.78, 5) is 239. The molecular formula is C58H95N19O21. The summed E-state index contributed by atoms with van der Waals surface area (Å²) in [6.45, 7) is 11.3. The SMILES string of the molecule is CC(=O)N[C@@H](C)C(=O)N[C@@H](CCC(=O)O)C(=O)N[C@@H](C)C(=O)N[C@@H](C)C(=O)N[C@@H](CCC(=O)O)C(=O)N[C@@H](C)C(=O)N[C@@H](CCCCN)C(=O)N[C@@H](C)C(=O)N[C@@H](Cc1cnc[nH]1)C(=O)N[C@@H](C)C(=O)N[C@@H](C)C(=O)N[C@@H](CC(=O)O)C(=O)N[C@@H](C)C(=O)N[C@@H](CCCCN)C(N)=O. The first kappa shape index (κ1) is 85.6. The van der Waals surface area contributed by atoms with Crippen LogP contribution in [0.25, 0.3) is 0 Å². The van der Waals surface area contributed by atoms with Gasteiger partial charge in [0.25, 0.3) is 0 Å². The van der Waals surface area contributed by atoms with Gasteiger partial charge < -0.3 is 112 Å². The molecule has 548 valence electrons. The van der Waals surface area contributed by atoms with E-state index in [1.54, 1.807) is 0 Å². The van der Waals surface area contributed by atoms with Crippen LogP contribution in [0.2, 0.25) is 0 Å². The first-order valence-corrected chi connectivity index (χ1v) is 31.4. The lowest BCUT2D eigenvalue weighted by atomic mass is 10.1. The van der Waals surface area contributed by atoms with Gasteiger partial charge in [0.15, 0.2) is 0 Å². The van der Waals surface area contributed by atoms with Gasteiger partial charge >= 0.3 is 17.9 Å². The topological polar surface area (TPSA) is 643 Å². The van der Waals surface area contributed by atoms with Crippen molar-refractivity contribution in [3.8, 4) is 0 Å². The van der Waals surface area contributed by atoms with Crippen LogP contribution in [0.1, 0.15) is 139 Å². The first-order valence-electron chi connectivity index (χ1n) is 31.4. The number of aromatic nitrogens is 2. The van der Waals surface area contributed by atoms with Gasteiger partial charge in [-0.15, -0.1) is 0 Å². The highest BCUT2D eigenvalue weighted by atomic mass is 16.4. The number of nitrogens with zero attached hydrogens (tertiary/aromatic N) is 1. The van der Waals surface area contributed by atoms with Crippen molar-refractivity contribution in [2.75, 3.05) is 13.1 Å². The number of carbonyl (C=O) groups excluding carboxylic acids is 15. The smallest absolute Gasteiger partial charge is 0.305 e. The van der Waals surface area contributed by atoms with E-state index in [2.05, 4.69) is 84.4 Å². The number of aromatic amines is 1. The van der Waals surface area contributed by atoms with Gasteiger partial charge in [-0.2, -0.15) is 0 Å². The second kappa shape index (κ2) is 43.6. The zero-order chi connectivity index (χ0) is 74.7. The molecule has 15 amide bonds. The summed E-state index contributed by atoms with van der Waals surface area (Å²) in [6, 6.07) is -20.2. The maximum Gasteiger partial charge on any atom is 0.305 e. The lowest BCUT2D eigenvalue weighted by Crippen LogP contribution is -2.60. The van der Waals surface area contributed by atoms with Gasteiger partial charge in [-0.3, -0.25) is 86.3 Å². The fourth-order valence-electron chi connectivity index (χ4n) is 8.68. The highest BCUT2D eigenvalue weighted by Crippen LogP contribution is 2.09. The molecule has 1 heterocycles. The molecule has 0 unspecified atom stereocenters. The Balaban J connectivity index is 3.16. The molecule has 0 radical (unpaired) electrons. The van der Waals surface area contributed by atoms with Gasteiger partial charge in [-0.05, 0) is 120 Å². The Morgan fingerprint density at radius 3 is 0.949 bits per heavy atom. The summed E-state index contributed by atoms with van der Waals surface area (Å²) >= 11 is 0. The summed E-state index contributed by atoms with van der Waals surface area (Å²) in [7, 11) is 0. The van der Waals surface area contributed by atoms with Crippen molar-refractivity contribution in [2.24, 2.45) is 17.2 Å². The van der Waals surface area contributed by atoms with Crippen LogP contribution >= 0.6 is 0 Å². The highest BCUT2D eigenvalue weighted by Gasteiger charge is 2.35. The van der Waals surface area contributed by atoms with Crippen molar-refractivity contribution in [3.05, 3.63) is 18.2 Å². The monoisotopic (exact) mass is 1390 g/mol. The Morgan fingerprint density at radius 1 is 0.367 bits per heavy atom. The molecule has 1 rings (SSSR count). The second-order valence-electron chi connectivity index (χ2n) is 23.1. The molecule has 40 heteroatoms. The largest absolute Gasteiger partial charge is 0.481 e. The minimum absolute atomic E-state index is 0.0747. The van der Waals surface area contributed by atoms with Gasteiger partial charge in [-0.25, -0.2) is 4.98 Å². The summed E-state index contributed by atoms with van der Waals surface area (Å²) < 4.78 is 0. The van der Waals surface area contributed by atoms with Gasteiger partial charge in [-0.1, -0.05) is 0 Å². The molecule has 0 aliphatic heterocycles. The number of imidazole rings is 1. The number of nitrogens with two attached hydrogens (primary N) is 3. The van der Waals surface area contributed by atoms with Gasteiger partial charge in [0.2, 0.25) is 88.6 Å². The highest BCUT2D eigenvalue weighted by molar-refractivity contribution is 6.00. The predicted molar refractivity (Wildman–Crippen MR) is 341 cm³/mol.